The summed E-state index contributed by atoms with van der Waals surface area (Å²) in [5.41, 5.74) is 5.98. The van der Waals surface area contributed by atoms with E-state index in [1.807, 2.05) is 6.92 Å². The fraction of sp³-hybridized carbons (Fsp3) is 1.00. The molecule has 1 aliphatic rings. The lowest BCUT2D eigenvalue weighted by molar-refractivity contribution is 0.101. The first-order valence-corrected chi connectivity index (χ1v) is 6.87. The van der Waals surface area contributed by atoms with E-state index in [1.54, 1.807) is 0 Å². The van der Waals surface area contributed by atoms with E-state index in [0.29, 0.717) is 5.41 Å². The van der Waals surface area contributed by atoms with Gasteiger partial charge in [0.15, 0.2) is 0 Å². The maximum absolute atomic E-state index is 9.13. The summed E-state index contributed by atoms with van der Waals surface area (Å²) in [6.07, 6.45) is 3.47. The first-order chi connectivity index (χ1) is 7.74. The molecule has 3 nitrogen and oxygen atoms in total. The molecule has 0 radical (unpaired) electrons. The van der Waals surface area contributed by atoms with Crippen LogP contribution in [0.2, 0.25) is 0 Å². The Labute approximate surface area is 106 Å². The monoisotopic (exact) mass is 242 g/mol. The number of rotatable bonds is 4. The minimum atomic E-state index is -0.416. The minimum absolute atomic E-state index is 0.0749. The number of aliphatic hydroxyl groups excluding tert-OH is 1. The predicted octanol–water partition coefficient (Wildman–Crippen LogP) is 1.84. The van der Waals surface area contributed by atoms with Crippen LogP contribution >= 0.6 is 0 Å². The third-order valence-electron chi connectivity index (χ3n) is 4.17. The minimum Gasteiger partial charge on any atom is -0.394 e. The molecule has 17 heavy (non-hydrogen) atoms. The normalized spacial score (nSPS) is 23.6. The molecule has 3 N–H and O–H groups in total. The number of nitrogens with two attached hydrogens (primary N) is 1. The van der Waals surface area contributed by atoms with E-state index in [2.05, 4.69) is 25.7 Å². The molecule has 1 heterocycles. The van der Waals surface area contributed by atoms with Crippen LogP contribution in [0.5, 0.6) is 0 Å². The lowest BCUT2D eigenvalue weighted by Crippen LogP contribution is -2.45. The van der Waals surface area contributed by atoms with Crippen molar-refractivity contribution in [2.24, 2.45) is 17.1 Å². The Morgan fingerprint density at radius 1 is 1.18 bits per heavy atom. The van der Waals surface area contributed by atoms with Crippen molar-refractivity contribution in [1.82, 2.24) is 4.90 Å². The van der Waals surface area contributed by atoms with Crippen molar-refractivity contribution in [1.29, 1.82) is 0 Å². The molecular weight excluding hydrogens is 212 g/mol. The van der Waals surface area contributed by atoms with Crippen molar-refractivity contribution < 1.29 is 5.11 Å². The Kier molecular flexibility index (Phi) is 4.99. The molecule has 1 unspecified atom stereocenters. The SMILES string of the molecule is CC(N)(CO)CCN1CCC(C(C)(C)C)CC1. The smallest absolute Gasteiger partial charge is 0.0608 e. The largest absolute Gasteiger partial charge is 0.394 e. The van der Waals surface area contributed by atoms with Gasteiger partial charge in [-0.2, -0.15) is 0 Å². The number of likely N-dealkylation sites (tertiary alicyclic amines) is 1. The van der Waals surface area contributed by atoms with Gasteiger partial charge in [0.2, 0.25) is 0 Å². The molecule has 0 amide bonds. The Hall–Kier alpha value is -0.120. The third kappa shape index (κ3) is 4.94. The highest BCUT2D eigenvalue weighted by atomic mass is 16.3. The van der Waals surface area contributed by atoms with Crippen LogP contribution < -0.4 is 5.73 Å². The van der Waals surface area contributed by atoms with E-state index in [9.17, 15) is 0 Å². The lowest BCUT2D eigenvalue weighted by Gasteiger charge is -2.39. The fourth-order valence-electron chi connectivity index (χ4n) is 2.52. The number of piperidine rings is 1. The second-order valence-electron chi connectivity index (χ2n) is 7.04. The molecule has 1 saturated heterocycles. The summed E-state index contributed by atoms with van der Waals surface area (Å²) in [6, 6.07) is 0. The van der Waals surface area contributed by atoms with Gasteiger partial charge in [-0.05, 0) is 57.2 Å². The van der Waals surface area contributed by atoms with Crippen LogP contribution in [0.15, 0.2) is 0 Å². The highest BCUT2D eigenvalue weighted by Gasteiger charge is 2.29. The summed E-state index contributed by atoms with van der Waals surface area (Å²) in [5, 5.41) is 9.13. The molecule has 0 aromatic carbocycles. The molecule has 0 spiro atoms. The predicted molar refractivity (Wildman–Crippen MR) is 72.9 cm³/mol. The van der Waals surface area contributed by atoms with Gasteiger partial charge in [-0.25, -0.2) is 0 Å². The Morgan fingerprint density at radius 3 is 2.12 bits per heavy atom. The van der Waals surface area contributed by atoms with Crippen molar-refractivity contribution in [2.75, 3.05) is 26.2 Å². The molecule has 0 aromatic heterocycles. The lowest BCUT2D eigenvalue weighted by atomic mass is 9.75. The van der Waals surface area contributed by atoms with Crippen molar-refractivity contribution in [2.45, 2.75) is 52.5 Å². The first kappa shape index (κ1) is 14.9. The maximum atomic E-state index is 9.13. The molecular formula is C14H30N2O. The van der Waals surface area contributed by atoms with Gasteiger partial charge in [-0.3, -0.25) is 0 Å². The second-order valence-corrected chi connectivity index (χ2v) is 7.04. The van der Waals surface area contributed by atoms with Crippen molar-refractivity contribution >= 4 is 0 Å². The molecule has 1 rings (SSSR count). The summed E-state index contributed by atoms with van der Waals surface area (Å²) in [6.45, 7) is 12.4. The van der Waals surface area contributed by atoms with Crippen LogP contribution in [0, 0.1) is 11.3 Å². The average Bonchev–Trinajstić information content (AvgIpc) is 2.26. The zero-order valence-electron chi connectivity index (χ0n) is 12.0. The molecule has 3 heteroatoms. The Balaban J connectivity index is 2.29. The van der Waals surface area contributed by atoms with E-state index >= 15 is 0 Å². The van der Waals surface area contributed by atoms with Gasteiger partial charge in [0.05, 0.1) is 6.61 Å². The van der Waals surface area contributed by atoms with Crippen molar-refractivity contribution in [3.05, 3.63) is 0 Å². The van der Waals surface area contributed by atoms with Crippen LogP contribution in [-0.2, 0) is 0 Å². The van der Waals surface area contributed by atoms with Gasteiger partial charge in [0.1, 0.15) is 0 Å². The van der Waals surface area contributed by atoms with E-state index in [-0.39, 0.29) is 6.61 Å². The van der Waals surface area contributed by atoms with E-state index in [0.717, 1.165) is 18.9 Å². The second kappa shape index (κ2) is 5.68. The number of aliphatic hydroxyl groups is 1. The molecule has 102 valence electrons. The Morgan fingerprint density at radius 2 is 1.71 bits per heavy atom. The molecule has 0 aromatic rings. The zero-order chi connectivity index (χ0) is 13.1. The van der Waals surface area contributed by atoms with Gasteiger partial charge in [0, 0.05) is 5.54 Å². The van der Waals surface area contributed by atoms with Gasteiger partial charge in [-0.1, -0.05) is 20.8 Å². The van der Waals surface area contributed by atoms with Crippen LogP contribution in [0.3, 0.4) is 0 Å². The molecule has 1 atom stereocenters. The fourth-order valence-corrected chi connectivity index (χ4v) is 2.52. The summed E-state index contributed by atoms with van der Waals surface area (Å²) < 4.78 is 0. The molecule has 0 bridgehead atoms. The molecule has 0 aliphatic carbocycles. The molecule has 0 saturated carbocycles. The van der Waals surface area contributed by atoms with Crippen LogP contribution in [0.4, 0.5) is 0 Å². The van der Waals surface area contributed by atoms with Gasteiger partial charge in [-0.15, -0.1) is 0 Å². The summed E-state index contributed by atoms with van der Waals surface area (Å²) in [7, 11) is 0. The van der Waals surface area contributed by atoms with Gasteiger partial charge < -0.3 is 15.7 Å². The number of hydrogen-bond donors (Lipinski definition) is 2. The van der Waals surface area contributed by atoms with Crippen molar-refractivity contribution in [3.63, 3.8) is 0 Å². The zero-order valence-corrected chi connectivity index (χ0v) is 12.0. The van der Waals surface area contributed by atoms with E-state index < -0.39 is 5.54 Å². The maximum Gasteiger partial charge on any atom is 0.0608 e. The first-order valence-electron chi connectivity index (χ1n) is 6.87. The van der Waals surface area contributed by atoms with Crippen LogP contribution in [-0.4, -0.2) is 41.8 Å². The van der Waals surface area contributed by atoms with Crippen LogP contribution in [0.25, 0.3) is 0 Å². The molecule has 1 fully saturated rings. The third-order valence-corrected chi connectivity index (χ3v) is 4.17. The standard InChI is InChI=1S/C14H30N2O/c1-13(2,3)12-5-8-16(9-6-12)10-7-14(4,15)11-17/h12,17H,5-11,15H2,1-4H3. The molecule has 1 aliphatic heterocycles. The van der Waals surface area contributed by atoms with Gasteiger partial charge in [0.25, 0.3) is 0 Å². The highest BCUT2D eigenvalue weighted by Crippen LogP contribution is 2.34. The quantitative estimate of drug-likeness (QED) is 0.791. The van der Waals surface area contributed by atoms with Crippen molar-refractivity contribution in [3.8, 4) is 0 Å². The topological polar surface area (TPSA) is 49.5 Å². The average molecular weight is 242 g/mol. The number of hydrogen-bond acceptors (Lipinski definition) is 3. The van der Waals surface area contributed by atoms with Gasteiger partial charge >= 0.3 is 0 Å². The van der Waals surface area contributed by atoms with Crippen LogP contribution in [0.1, 0.15) is 47.0 Å². The van der Waals surface area contributed by atoms with E-state index in [4.69, 9.17) is 10.8 Å². The number of nitrogens with zero attached hydrogens (tertiary/aromatic N) is 1. The summed E-state index contributed by atoms with van der Waals surface area (Å²) >= 11 is 0. The Bertz CT molecular complexity index is 225. The highest BCUT2D eigenvalue weighted by molar-refractivity contribution is 4.83. The summed E-state index contributed by atoms with van der Waals surface area (Å²) in [4.78, 5) is 2.49. The van der Waals surface area contributed by atoms with E-state index in [1.165, 1.54) is 25.9 Å². The summed E-state index contributed by atoms with van der Waals surface area (Å²) in [5.74, 6) is 0.848.